The van der Waals surface area contributed by atoms with Gasteiger partial charge in [-0.3, -0.25) is 0 Å². The lowest BCUT2D eigenvalue weighted by Crippen LogP contribution is -2.31. The molecule has 0 aliphatic heterocycles. The first kappa shape index (κ1) is 16.0. The summed E-state index contributed by atoms with van der Waals surface area (Å²) in [7, 11) is 0. The van der Waals surface area contributed by atoms with E-state index >= 15 is 0 Å². The van der Waals surface area contributed by atoms with Crippen LogP contribution in [0.25, 0.3) is 0 Å². The largest absolute Gasteiger partial charge is 0.344 e. The van der Waals surface area contributed by atoms with Gasteiger partial charge in [-0.25, -0.2) is 4.79 Å². The zero-order valence-electron chi connectivity index (χ0n) is 12.2. The fourth-order valence-electron chi connectivity index (χ4n) is 1.77. The van der Waals surface area contributed by atoms with Crippen molar-refractivity contribution >= 4 is 23.5 Å². The number of para-hydroxylation sites is 1. The number of nitrogens with zero attached hydrogens (tertiary/aromatic N) is 2. The van der Waals surface area contributed by atoms with Gasteiger partial charge in [-0.15, -0.1) is 16.7 Å². The lowest BCUT2D eigenvalue weighted by atomic mass is 10.2. The Kier molecular flexibility index (Phi) is 5.97. The van der Waals surface area contributed by atoms with E-state index in [-0.39, 0.29) is 6.54 Å². The molecule has 0 unspecified atom stereocenters. The third kappa shape index (κ3) is 4.89. The van der Waals surface area contributed by atoms with E-state index in [0.717, 1.165) is 9.90 Å². The van der Waals surface area contributed by atoms with Gasteiger partial charge in [-0.1, -0.05) is 35.9 Å². The molecular formula is C16H17N3O2S. The SMILES string of the molecule is Cc1ccc(SCCN(N=O)C(=O)Nc2ccccc2)cc1. The quantitative estimate of drug-likeness (QED) is 0.491. The highest BCUT2D eigenvalue weighted by atomic mass is 32.2. The third-order valence-corrected chi connectivity index (χ3v) is 3.94. The predicted octanol–water partition coefficient (Wildman–Crippen LogP) is 4.30. The van der Waals surface area contributed by atoms with Crippen LogP contribution in [-0.4, -0.2) is 23.3 Å². The van der Waals surface area contributed by atoms with Crippen LogP contribution in [0.15, 0.2) is 64.8 Å². The highest BCUT2D eigenvalue weighted by Gasteiger charge is 2.13. The highest BCUT2D eigenvalue weighted by Crippen LogP contribution is 2.18. The summed E-state index contributed by atoms with van der Waals surface area (Å²) in [5.74, 6) is 0.594. The summed E-state index contributed by atoms with van der Waals surface area (Å²) in [4.78, 5) is 23.9. The standard InChI is InChI=1S/C16H17N3O2S/c1-13-7-9-15(10-8-13)22-12-11-19(18-21)16(20)17-14-5-3-2-4-6-14/h2-10H,11-12H2,1H3,(H,17,20). The van der Waals surface area contributed by atoms with E-state index in [0.29, 0.717) is 11.4 Å². The average Bonchev–Trinajstić information content (AvgIpc) is 2.54. The second-order valence-electron chi connectivity index (χ2n) is 4.66. The number of rotatable bonds is 6. The molecule has 5 nitrogen and oxygen atoms in total. The van der Waals surface area contributed by atoms with Crippen LogP contribution in [0.1, 0.15) is 5.56 Å². The molecule has 0 aliphatic rings. The molecule has 6 heteroatoms. The first-order chi connectivity index (χ1) is 10.7. The molecule has 0 bridgehead atoms. The molecule has 2 aromatic rings. The summed E-state index contributed by atoms with van der Waals surface area (Å²) in [6.45, 7) is 2.28. The van der Waals surface area contributed by atoms with Crippen LogP contribution < -0.4 is 5.32 Å². The van der Waals surface area contributed by atoms with E-state index in [4.69, 9.17) is 0 Å². The number of amides is 2. The van der Waals surface area contributed by atoms with E-state index in [9.17, 15) is 9.70 Å². The molecule has 114 valence electrons. The lowest BCUT2D eigenvalue weighted by molar-refractivity contribution is 0.216. The molecule has 2 aromatic carbocycles. The topological polar surface area (TPSA) is 61.8 Å². The Hall–Kier alpha value is -2.34. The minimum atomic E-state index is -0.522. The van der Waals surface area contributed by atoms with Gasteiger partial charge in [0.1, 0.15) is 0 Å². The van der Waals surface area contributed by atoms with Gasteiger partial charge >= 0.3 is 6.03 Å². The van der Waals surface area contributed by atoms with Crippen molar-refractivity contribution in [3.05, 3.63) is 65.1 Å². The number of carbonyl (C=O) groups is 1. The smallest absolute Gasteiger partial charge is 0.306 e. The summed E-state index contributed by atoms with van der Waals surface area (Å²) in [6.07, 6.45) is 0. The molecule has 0 saturated heterocycles. The summed E-state index contributed by atoms with van der Waals surface area (Å²) in [5, 5.41) is 6.32. The summed E-state index contributed by atoms with van der Waals surface area (Å²) in [6, 6.07) is 16.5. The predicted molar refractivity (Wildman–Crippen MR) is 89.9 cm³/mol. The maximum absolute atomic E-state index is 11.9. The van der Waals surface area contributed by atoms with Gasteiger partial charge in [0.05, 0.1) is 11.8 Å². The van der Waals surface area contributed by atoms with Crippen molar-refractivity contribution in [3.63, 3.8) is 0 Å². The normalized spacial score (nSPS) is 10.0. The van der Waals surface area contributed by atoms with Crippen LogP contribution in [0.5, 0.6) is 0 Å². The average molecular weight is 315 g/mol. The molecule has 0 fully saturated rings. The van der Waals surface area contributed by atoms with Crippen LogP contribution >= 0.6 is 11.8 Å². The number of aryl methyl sites for hydroxylation is 1. The Balaban J connectivity index is 1.82. The van der Waals surface area contributed by atoms with Crippen molar-refractivity contribution in [2.45, 2.75) is 11.8 Å². The molecule has 0 atom stereocenters. The van der Waals surface area contributed by atoms with E-state index < -0.39 is 6.03 Å². The van der Waals surface area contributed by atoms with Crippen LogP contribution in [0.2, 0.25) is 0 Å². The van der Waals surface area contributed by atoms with Crippen molar-refractivity contribution in [2.24, 2.45) is 5.29 Å². The van der Waals surface area contributed by atoms with Gasteiger partial charge in [-0.05, 0) is 31.2 Å². The van der Waals surface area contributed by atoms with E-state index in [1.807, 2.05) is 49.4 Å². The number of hydrogen-bond acceptors (Lipinski definition) is 4. The molecule has 22 heavy (non-hydrogen) atoms. The Morgan fingerprint density at radius 2 is 1.82 bits per heavy atom. The minimum Gasteiger partial charge on any atom is -0.306 e. The van der Waals surface area contributed by atoms with Gasteiger partial charge in [0.2, 0.25) is 0 Å². The van der Waals surface area contributed by atoms with Gasteiger partial charge < -0.3 is 5.32 Å². The minimum absolute atomic E-state index is 0.251. The molecule has 2 amide bonds. The fourth-order valence-corrected chi connectivity index (χ4v) is 2.60. The van der Waals surface area contributed by atoms with Crippen molar-refractivity contribution in [1.29, 1.82) is 0 Å². The molecule has 0 spiro atoms. The number of nitrogens with one attached hydrogen (secondary N) is 1. The zero-order chi connectivity index (χ0) is 15.8. The Bertz CT molecular complexity index is 617. The van der Waals surface area contributed by atoms with Crippen LogP contribution in [-0.2, 0) is 0 Å². The van der Waals surface area contributed by atoms with E-state index in [2.05, 4.69) is 10.6 Å². The number of nitroso groups, excluding NO2 is 1. The number of thioether (sulfide) groups is 1. The number of carbonyl (C=O) groups excluding carboxylic acids is 1. The molecule has 0 heterocycles. The second-order valence-corrected chi connectivity index (χ2v) is 5.83. The molecule has 2 rings (SSSR count). The monoisotopic (exact) mass is 315 g/mol. The van der Waals surface area contributed by atoms with Crippen molar-refractivity contribution < 1.29 is 4.79 Å². The zero-order valence-corrected chi connectivity index (χ0v) is 13.0. The summed E-state index contributed by atoms with van der Waals surface area (Å²) < 4.78 is 0. The maximum Gasteiger partial charge on any atom is 0.344 e. The van der Waals surface area contributed by atoms with Gasteiger partial charge in [-0.2, -0.15) is 5.01 Å². The fraction of sp³-hybridized carbons (Fsp3) is 0.188. The van der Waals surface area contributed by atoms with Gasteiger partial charge in [0.15, 0.2) is 0 Å². The van der Waals surface area contributed by atoms with E-state index in [1.54, 1.807) is 23.9 Å². The van der Waals surface area contributed by atoms with Crippen molar-refractivity contribution in [1.82, 2.24) is 5.01 Å². The molecule has 0 aromatic heterocycles. The Morgan fingerprint density at radius 1 is 1.14 bits per heavy atom. The van der Waals surface area contributed by atoms with Crippen molar-refractivity contribution in [2.75, 3.05) is 17.6 Å². The number of anilines is 1. The molecule has 1 N–H and O–H groups in total. The summed E-state index contributed by atoms with van der Waals surface area (Å²) in [5.41, 5.74) is 1.83. The Labute approximate surface area is 133 Å². The summed E-state index contributed by atoms with van der Waals surface area (Å²) >= 11 is 1.58. The number of urea groups is 1. The van der Waals surface area contributed by atoms with Gasteiger partial charge in [0, 0.05) is 16.3 Å². The van der Waals surface area contributed by atoms with Crippen molar-refractivity contribution in [3.8, 4) is 0 Å². The molecular weight excluding hydrogens is 298 g/mol. The first-order valence-electron chi connectivity index (χ1n) is 6.85. The number of benzene rings is 2. The third-order valence-electron chi connectivity index (χ3n) is 2.95. The van der Waals surface area contributed by atoms with E-state index in [1.165, 1.54) is 5.56 Å². The van der Waals surface area contributed by atoms with Gasteiger partial charge in [0.25, 0.3) is 0 Å². The lowest BCUT2D eigenvalue weighted by Gasteiger charge is -2.14. The molecule has 0 saturated carbocycles. The molecule has 0 aliphatic carbocycles. The Morgan fingerprint density at radius 3 is 2.45 bits per heavy atom. The first-order valence-corrected chi connectivity index (χ1v) is 7.84. The maximum atomic E-state index is 11.9. The highest BCUT2D eigenvalue weighted by molar-refractivity contribution is 7.99. The molecule has 0 radical (unpaired) electrons. The van der Waals surface area contributed by atoms with Crippen LogP contribution in [0.3, 0.4) is 0 Å². The number of hydrogen-bond donors (Lipinski definition) is 1. The second kappa shape index (κ2) is 8.19. The van der Waals surface area contributed by atoms with Crippen LogP contribution in [0, 0.1) is 11.8 Å². The van der Waals surface area contributed by atoms with Crippen LogP contribution in [0.4, 0.5) is 10.5 Å².